The molecule has 4 N–H and O–H groups in total. The SMILES string of the molecule is CCCCCC[N+](C)(C)C.NCCCC[C@H](N)C(=O)[O-]. The lowest BCUT2D eigenvalue weighted by atomic mass is 10.1. The van der Waals surface area contributed by atoms with Crippen molar-refractivity contribution in [3.63, 3.8) is 0 Å². The second kappa shape index (κ2) is 13.3. The van der Waals surface area contributed by atoms with Gasteiger partial charge in [-0.15, -0.1) is 0 Å². The first kappa shape index (κ1) is 21.6. The average Bonchev–Trinajstić information content (AvgIpc) is 2.34. The van der Waals surface area contributed by atoms with Crippen molar-refractivity contribution < 1.29 is 14.4 Å². The van der Waals surface area contributed by atoms with Crippen molar-refractivity contribution in [1.82, 2.24) is 0 Å². The normalized spacial score (nSPS) is 12.5. The maximum atomic E-state index is 10.0. The van der Waals surface area contributed by atoms with Gasteiger partial charge in [0.2, 0.25) is 0 Å². The maximum absolute atomic E-state index is 10.0. The molecule has 20 heavy (non-hydrogen) atoms. The summed E-state index contributed by atoms with van der Waals surface area (Å²) in [4.78, 5) is 10.0. The number of nitrogens with zero attached hydrogens (tertiary/aromatic N) is 1. The van der Waals surface area contributed by atoms with Crippen LogP contribution in [0.5, 0.6) is 0 Å². The highest BCUT2D eigenvalue weighted by Crippen LogP contribution is 2.02. The Balaban J connectivity index is 0. The van der Waals surface area contributed by atoms with E-state index in [1.165, 1.54) is 32.2 Å². The third-order valence-electron chi connectivity index (χ3n) is 2.95. The highest BCUT2D eigenvalue weighted by molar-refractivity contribution is 5.70. The molecule has 0 fully saturated rings. The summed E-state index contributed by atoms with van der Waals surface area (Å²) in [5.74, 6) is -1.18. The van der Waals surface area contributed by atoms with Gasteiger partial charge >= 0.3 is 0 Å². The lowest BCUT2D eigenvalue weighted by Crippen LogP contribution is -2.41. The van der Waals surface area contributed by atoms with Crippen LogP contribution < -0.4 is 16.6 Å². The van der Waals surface area contributed by atoms with Crippen LogP contribution in [0, 0.1) is 0 Å². The van der Waals surface area contributed by atoms with Gasteiger partial charge in [0.05, 0.1) is 33.7 Å². The molecule has 0 spiro atoms. The van der Waals surface area contributed by atoms with Gasteiger partial charge in [-0.25, -0.2) is 0 Å². The van der Waals surface area contributed by atoms with E-state index in [1.807, 2.05) is 0 Å². The minimum Gasteiger partial charge on any atom is -0.548 e. The van der Waals surface area contributed by atoms with Crippen molar-refractivity contribution >= 4 is 5.97 Å². The van der Waals surface area contributed by atoms with Gasteiger partial charge in [-0.3, -0.25) is 0 Å². The fraction of sp³-hybridized carbons (Fsp3) is 0.933. The summed E-state index contributed by atoms with van der Waals surface area (Å²) < 4.78 is 1.11. The van der Waals surface area contributed by atoms with Gasteiger partial charge in [-0.1, -0.05) is 26.2 Å². The van der Waals surface area contributed by atoms with Crippen molar-refractivity contribution in [2.24, 2.45) is 11.5 Å². The van der Waals surface area contributed by atoms with Crippen molar-refractivity contribution in [2.45, 2.75) is 57.9 Å². The number of carboxylic acids is 1. The predicted octanol–water partition coefficient (Wildman–Crippen LogP) is 0.466. The van der Waals surface area contributed by atoms with Gasteiger partial charge < -0.3 is 25.9 Å². The van der Waals surface area contributed by atoms with Crippen LogP contribution in [0.1, 0.15) is 51.9 Å². The molecule has 5 nitrogen and oxygen atoms in total. The third-order valence-corrected chi connectivity index (χ3v) is 2.95. The van der Waals surface area contributed by atoms with E-state index in [0.717, 1.165) is 17.3 Å². The zero-order chi connectivity index (χ0) is 16.0. The number of hydrogen-bond donors (Lipinski definition) is 2. The van der Waals surface area contributed by atoms with Crippen molar-refractivity contribution in [2.75, 3.05) is 34.2 Å². The first-order valence-corrected chi connectivity index (χ1v) is 7.71. The van der Waals surface area contributed by atoms with Crippen LogP contribution in [-0.4, -0.2) is 50.7 Å². The number of aliphatic carboxylic acids is 1. The Morgan fingerprint density at radius 1 is 1.10 bits per heavy atom. The zero-order valence-corrected chi connectivity index (χ0v) is 13.9. The summed E-state index contributed by atoms with van der Waals surface area (Å²) in [6, 6.07) is -0.827. The van der Waals surface area contributed by atoms with E-state index >= 15 is 0 Å². The fourth-order valence-corrected chi connectivity index (χ4v) is 1.64. The largest absolute Gasteiger partial charge is 0.548 e. The van der Waals surface area contributed by atoms with Crippen LogP contribution in [0.3, 0.4) is 0 Å². The number of rotatable bonds is 10. The summed E-state index contributed by atoms with van der Waals surface area (Å²) in [5, 5.41) is 10.0. The zero-order valence-electron chi connectivity index (χ0n) is 13.9. The highest BCUT2D eigenvalue weighted by atomic mass is 16.4. The molecule has 0 bridgehead atoms. The topological polar surface area (TPSA) is 92.2 Å². The van der Waals surface area contributed by atoms with E-state index in [9.17, 15) is 9.90 Å². The van der Waals surface area contributed by atoms with Crippen LogP contribution >= 0.6 is 0 Å². The number of quaternary nitrogens is 1. The molecule has 0 saturated heterocycles. The molecule has 1 atom stereocenters. The van der Waals surface area contributed by atoms with Crippen molar-refractivity contribution in [3.05, 3.63) is 0 Å². The van der Waals surface area contributed by atoms with Crippen molar-refractivity contribution in [1.29, 1.82) is 0 Å². The number of hydrogen-bond acceptors (Lipinski definition) is 4. The van der Waals surface area contributed by atoms with E-state index in [2.05, 4.69) is 28.1 Å². The fourth-order valence-electron chi connectivity index (χ4n) is 1.64. The monoisotopic (exact) mass is 289 g/mol. The van der Waals surface area contributed by atoms with E-state index in [4.69, 9.17) is 11.5 Å². The first-order valence-electron chi connectivity index (χ1n) is 7.71. The van der Waals surface area contributed by atoms with Crippen LogP contribution in [0.25, 0.3) is 0 Å². The molecule has 0 aliphatic heterocycles. The van der Waals surface area contributed by atoms with Gasteiger partial charge in [-0.05, 0) is 32.2 Å². The molecule has 0 unspecified atom stereocenters. The Kier molecular flexibility index (Phi) is 14.4. The molecular weight excluding hydrogens is 254 g/mol. The molecule has 122 valence electrons. The molecule has 0 amide bonds. The van der Waals surface area contributed by atoms with E-state index in [-0.39, 0.29) is 0 Å². The first-order chi connectivity index (χ1) is 9.24. The lowest BCUT2D eigenvalue weighted by Gasteiger charge is -2.23. The number of unbranched alkanes of at least 4 members (excludes halogenated alkanes) is 4. The molecule has 0 aromatic heterocycles. The summed E-state index contributed by atoms with van der Waals surface area (Å²) >= 11 is 0. The number of carbonyl (C=O) groups is 1. The Labute approximate surface area is 124 Å². The summed E-state index contributed by atoms with van der Waals surface area (Å²) in [6.45, 7) is 4.16. The van der Waals surface area contributed by atoms with Crippen LogP contribution in [0.2, 0.25) is 0 Å². The third kappa shape index (κ3) is 19.7. The van der Waals surface area contributed by atoms with Crippen molar-refractivity contribution in [3.8, 4) is 0 Å². The minimum atomic E-state index is -1.18. The van der Waals surface area contributed by atoms with Gasteiger partial charge in [0, 0.05) is 6.04 Å². The Morgan fingerprint density at radius 2 is 1.70 bits per heavy atom. The van der Waals surface area contributed by atoms with Crippen LogP contribution in [0.15, 0.2) is 0 Å². The lowest BCUT2D eigenvalue weighted by molar-refractivity contribution is -0.870. The molecule has 0 aromatic carbocycles. The van der Waals surface area contributed by atoms with E-state index < -0.39 is 12.0 Å². The van der Waals surface area contributed by atoms with E-state index in [0.29, 0.717) is 13.0 Å². The standard InChI is InChI=1S/C9H22N.C6H14N2O2/c1-5-6-7-8-9-10(2,3)4;7-4-2-1-3-5(8)6(9)10/h5-9H2,1-4H3;5H,1-4,7-8H2,(H,9,10)/q+1;/p-1/t;5-/m.0/s1. The molecule has 0 aliphatic rings. The molecule has 0 aromatic rings. The molecule has 0 heterocycles. The summed E-state index contributed by atoms with van der Waals surface area (Å²) in [5.41, 5.74) is 10.3. The number of nitrogens with two attached hydrogens (primary N) is 2. The number of carboxylic acid groups (broad SMARTS) is 1. The molecule has 0 rings (SSSR count). The highest BCUT2D eigenvalue weighted by Gasteiger charge is 2.04. The molecular formula is C15H35N3O2. The van der Waals surface area contributed by atoms with Crippen LogP contribution in [0.4, 0.5) is 0 Å². The molecule has 0 saturated carbocycles. The Hall–Kier alpha value is -0.650. The van der Waals surface area contributed by atoms with Gasteiger partial charge in [-0.2, -0.15) is 0 Å². The number of carbonyl (C=O) groups excluding carboxylic acids is 1. The Bertz CT molecular complexity index is 228. The van der Waals surface area contributed by atoms with Gasteiger partial charge in [0.25, 0.3) is 0 Å². The predicted molar refractivity (Wildman–Crippen MR) is 82.9 cm³/mol. The van der Waals surface area contributed by atoms with E-state index in [1.54, 1.807) is 0 Å². The van der Waals surface area contributed by atoms with Gasteiger partial charge in [0.1, 0.15) is 0 Å². The second-order valence-electron chi connectivity index (χ2n) is 6.28. The molecule has 5 heteroatoms. The smallest absolute Gasteiger partial charge is 0.0780 e. The molecule has 0 aliphatic carbocycles. The average molecular weight is 289 g/mol. The molecule has 0 radical (unpaired) electrons. The van der Waals surface area contributed by atoms with Gasteiger partial charge in [0.15, 0.2) is 0 Å². The Morgan fingerprint density at radius 3 is 2.10 bits per heavy atom. The maximum Gasteiger partial charge on any atom is 0.0780 e. The second-order valence-corrected chi connectivity index (χ2v) is 6.28. The summed E-state index contributed by atoms with van der Waals surface area (Å²) in [6.07, 6.45) is 7.58. The quantitative estimate of drug-likeness (QED) is 0.451. The van der Waals surface area contributed by atoms with Crippen LogP contribution in [-0.2, 0) is 4.79 Å². The minimum absolute atomic E-state index is 0.458. The summed E-state index contributed by atoms with van der Waals surface area (Å²) in [7, 11) is 6.77.